The van der Waals surface area contributed by atoms with Crippen LogP contribution in [0.1, 0.15) is 22.5 Å². The van der Waals surface area contributed by atoms with Crippen molar-refractivity contribution in [2.24, 2.45) is 7.05 Å². The number of rotatable bonds is 4. The van der Waals surface area contributed by atoms with Crippen LogP contribution in [-0.4, -0.2) is 15.6 Å². The van der Waals surface area contributed by atoms with Gasteiger partial charge in [0.05, 0.1) is 10.2 Å². The molecule has 0 atom stereocenters. The van der Waals surface area contributed by atoms with E-state index in [0.717, 1.165) is 22.5 Å². The Morgan fingerprint density at radius 1 is 1.35 bits per heavy atom. The summed E-state index contributed by atoms with van der Waals surface area (Å²) in [6, 6.07) is 4.66. The van der Waals surface area contributed by atoms with Gasteiger partial charge < -0.3 is 0 Å². The molecule has 0 radical (unpaired) electrons. The van der Waals surface area contributed by atoms with Gasteiger partial charge in [-0.15, -0.1) is 0 Å². The zero-order valence-electron chi connectivity index (χ0n) is 11.7. The van der Waals surface area contributed by atoms with Crippen LogP contribution >= 0.6 is 15.9 Å². The Morgan fingerprint density at radius 3 is 2.60 bits per heavy atom. The summed E-state index contributed by atoms with van der Waals surface area (Å²) in [6.07, 6.45) is 0.660. The third-order valence-corrected chi connectivity index (χ3v) is 4.03. The van der Waals surface area contributed by atoms with Crippen LogP contribution in [0.15, 0.2) is 22.7 Å². The topological polar surface area (TPSA) is 34.9 Å². The summed E-state index contributed by atoms with van der Waals surface area (Å²) in [6.45, 7) is 3.86. The first-order valence-corrected chi connectivity index (χ1v) is 7.12. The molecule has 0 aliphatic carbocycles. The lowest BCUT2D eigenvalue weighted by Crippen LogP contribution is -2.08. The smallest absolute Gasteiger partial charge is 0.141 e. The molecule has 1 aromatic carbocycles. The molecule has 0 amide bonds. The average Bonchev–Trinajstić information content (AvgIpc) is 2.61. The second-order valence-electron chi connectivity index (χ2n) is 4.91. The predicted octanol–water partition coefficient (Wildman–Crippen LogP) is 3.29. The predicted molar refractivity (Wildman–Crippen MR) is 79.2 cm³/mol. The fraction of sp³-hybridized carbons (Fsp3) is 0.333. The highest BCUT2D eigenvalue weighted by molar-refractivity contribution is 9.10. The summed E-state index contributed by atoms with van der Waals surface area (Å²) in [7, 11) is 1.87. The van der Waals surface area contributed by atoms with Crippen molar-refractivity contribution in [3.05, 3.63) is 51.0 Å². The standard InChI is InChI=1S/C15H16BrFN2O/c1-9-13(10(2)19(3)18-9)8-12(20)6-11-4-5-15(17)14(16)7-11/h4-5,7H,6,8H2,1-3H3. The highest BCUT2D eigenvalue weighted by atomic mass is 79.9. The molecule has 0 saturated carbocycles. The van der Waals surface area contributed by atoms with Crippen molar-refractivity contribution in [2.45, 2.75) is 26.7 Å². The maximum absolute atomic E-state index is 13.1. The minimum absolute atomic E-state index is 0.0997. The Kier molecular flexibility index (Phi) is 4.38. The largest absolute Gasteiger partial charge is 0.299 e. The van der Waals surface area contributed by atoms with Crippen molar-refractivity contribution in [1.82, 2.24) is 9.78 Å². The number of hydrogen-bond acceptors (Lipinski definition) is 2. The first-order valence-electron chi connectivity index (χ1n) is 6.33. The van der Waals surface area contributed by atoms with Gasteiger partial charge in [-0.3, -0.25) is 9.48 Å². The molecule has 5 heteroatoms. The zero-order chi connectivity index (χ0) is 14.9. The average molecular weight is 339 g/mol. The molecule has 1 aromatic heterocycles. The molecular formula is C15H16BrFN2O. The maximum atomic E-state index is 13.1. The molecule has 0 unspecified atom stereocenters. The summed E-state index contributed by atoms with van der Waals surface area (Å²) < 4.78 is 15.3. The minimum atomic E-state index is -0.319. The van der Waals surface area contributed by atoms with Gasteiger partial charge >= 0.3 is 0 Å². The normalized spacial score (nSPS) is 10.8. The van der Waals surface area contributed by atoms with Gasteiger partial charge in [0.25, 0.3) is 0 Å². The van der Waals surface area contributed by atoms with E-state index >= 15 is 0 Å². The number of halogens is 2. The molecule has 106 valence electrons. The van der Waals surface area contributed by atoms with Crippen molar-refractivity contribution in [3.8, 4) is 0 Å². The van der Waals surface area contributed by atoms with E-state index in [2.05, 4.69) is 21.0 Å². The zero-order valence-corrected chi connectivity index (χ0v) is 13.3. The summed E-state index contributed by atoms with van der Waals surface area (Å²) in [5, 5.41) is 4.30. The van der Waals surface area contributed by atoms with Gasteiger partial charge in [0.2, 0.25) is 0 Å². The van der Waals surface area contributed by atoms with E-state index in [9.17, 15) is 9.18 Å². The van der Waals surface area contributed by atoms with E-state index in [0.29, 0.717) is 17.3 Å². The number of Topliss-reactive ketones (excluding diaryl/α,β-unsaturated/α-hetero) is 1. The molecule has 0 saturated heterocycles. The molecule has 0 aliphatic heterocycles. The van der Waals surface area contributed by atoms with E-state index in [4.69, 9.17) is 0 Å². The lowest BCUT2D eigenvalue weighted by atomic mass is 10.0. The van der Waals surface area contributed by atoms with Crippen LogP contribution in [0.5, 0.6) is 0 Å². The van der Waals surface area contributed by atoms with Crippen LogP contribution in [0.25, 0.3) is 0 Å². The number of benzene rings is 1. The summed E-state index contributed by atoms with van der Waals surface area (Å²) in [5.74, 6) is -0.220. The van der Waals surface area contributed by atoms with Crippen LogP contribution in [0.4, 0.5) is 4.39 Å². The molecule has 2 aromatic rings. The number of carbonyl (C=O) groups is 1. The summed E-state index contributed by atoms with van der Waals surface area (Å²) in [4.78, 5) is 12.1. The molecule has 0 N–H and O–H groups in total. The van der Waals surface area contributed by atoms with Crippen molar-refractivity contribution in [3.63, 3.8) is 0 Å². The van der Waals surface area contributed by atoms with Crippen molar-refractivity contribution in [1.29, 1.82) is 0 Å². The second kappa shape index (κ2) is 5.87. The van der Waals surface area contributed by atoms with E-state index in [1.165, 1.54) is 6.07 Å². The van der Waals surface area contributed by atoms with Crippen LogP contribution in [0.3, 0.4) is 0 Å². The van der Waals surface area contributed by atoms with E-state index in [1.54, 1.807) is 16.8 Å². The van der Waals surface area contributed by atoms with Crippen LogP contribution < -0.4 is 0 Å². The molecular weight excluding hydrogens is 323 g/mol. The summed E-state index contributed by atoms with van der Waals surface area (Å²) >= 11 is 3.13. The number of carbonyl (C=O) groups excluding carboxylic acids is 1. The molecule has 3 nitrogen and oxygen atoms in total. The maximum Gasteiger partial charge on any atom is 0.141 e. The van der Waals surface area contributed by atoms with Crippen LogP contribution in [0, 0.1) is 19.7 Å². The van der Waals surface area contributed by atoms with Gasteiger partial charge in [0.1, 0.15) is 11.6 Å². The third-order valence-electron chi connectivity index (χ3n) is 3.42. The highest BCUT2D eigenvalue weighted by Crippen LogP contribution is 2.18. The van der Waals surface area contributed by atoms with Crippen molar-refractivity contribution < 1.29 is 9.18 Å². The third kappa shape index (κ3) is 3.15. The number of aromatic nitrogens is 2. The van der Waals surface area contributed by atoms with Gasteiger partial charge in [-0.1, -0.05) is 6.07 Å². The van der Waals surface area contributed by atoms with Crippen molar-refractivity contribution >= 4 is 21.7 Å². The molecule has 2 rings (SSSR count). The van der Waals surface area contributed by atoms with Gasteiger partial charge in [-0.2, -0.15) is 5.10 Å². The molecule has 0 spiro atoms. The second-order valence-corrected chi connectivity index (χ2v) is 5.77. The number of ketones is 1. The van der Waals surface area contributed by atoms with Gasteiger partial charge in [-0.05, 0) is 47.5 Å². The van der Waals surface area contributed by atoms with Crippen molar-refractivity contribution in [2.75, 3.05) is 0 Å². The molecule has 0 aliphatic rings. The quantitative estimate of drug-likeness (QED) is 0.857. The van der Waals surface area contributed by atoms with Gasteiger partial charge in [0.15, 0.2) is 0 Å². The number of aryl methyl sites for hydroxylation is 2. The van der Waals surface area contributed by atoms with E-state index < -0.39 is 0 Å². The first kappa shape index (κ1) is 14.9. The molecule has 0 fully saturated rings. The van der Waals surface area contributed by atoms with Crippen LogP contribution in [0.2, 0.25) is 0 Å². The van der Waals surface area contributed by atoms with Gasteiger partial charge in [0, 0.05) is 31.1 Å². The number of nitrogens with zero attached hydrogens (tertiary/aromatic N) is 2. The Morgan fingerprint density at radius 2 is 2.05 bits per heavy atom. The SMILES string of the molecule is Cc1nn(C)c(C)c1CC(=O)Cc1ccc(F)c(Br)c1. The minimum Gasteiger partial charge on any atom is -0.299 e. The Labute approximate surface area is 125 Å². The Bertz CT molecular complexity index is 664. The fourth-order valence-electron chi connectivity index (χ4n) is 2.21. The first-order chi connectivity index (χ1) is 9.38. The monoisotopic (exact) mass is 338 g/mol. The Hall–Kier alpha value is -1.49. The van der Waals surface area contributed by atoms with E-state index in [1.807, 2.05) is 20.9 Å². The highest BCUT2D eigenvalue weighted by Gasteiger charge is 2.14. The Balaban J connectivity index is 2.11. The van der Waals surface area contributed by atoms with E-state index in [-0.39, 0.29) is 11.6 Å². The van der Waals surface area contributed by atoms with Gasteiger partial charge in [-0.25, -0.2) is 4.39 Å². The lowest BCUT2D eigenvalue weighted by Gasteiger charge is -2.04. The number of hydrogen-bond donors (Lipinski definition) is 0. The molecule has 20 heavy (non-hydrogen) atoms. The fourth-order valence-corrected chi connectivity index (χ4v) is 2.64. The lowest BCUT2D eigenvalue weighted by molar-refractivity contribution is -0.117. The molecule has 1 heterocycles. The van der Waals surface area contributed by atoms with Crippen LogP contribution in [-0.2, 0) is 24.7 Å². The summed E-state index contributed by atoms with van der Waals surface area (Å²) in [5.41, 5.74) is 3.69. The molecule has 0 bridgehead atoms.